The maximum absolute atomic E-state index is 6.07. The standard InChI is InChI=1S/C20H26Cl2N4/c21-16-6-9-24-18(12-16)14-23-8-2-1-4-20-5-3-11-26(20)15-19-13-17(22)7-10-25-19/h6-7,9-10,12-13,20,23H,1-5,8,11,14-15H2/t20-/m1/s1. The molecule has 0 amide bonds. The number of aromatic nitrogens is 2. The fourth-order valence-electron chi connectivity index (χ4n) is 3.57. The molecule has 1 aliphatic rings. The predicted octanol–water partition coefficient (Wildman–Crippen LogP) is 4.71. The van der Waals surface area contributed by atoms with Crippen LogP contribution in [0.3, 0.4) is 0 Å². The molecule has 0 aromatic carbocycles. The molecule has 4 nitrogen and oxygen atoms in total. The van der Waals surface area contributed by atoms with E-state index in [0.29, 0.717) is 6.04 Å². The second-order valence-corrected chi connectivity index (χ2v) is 7.74. The van der Waals surface area contributed by atoms with Crippen LogP contribution in [0.2, 0.25) is 10.0 Å². The van der Waals surface area contributed by atoms with Crippen molar-refractivity contribution in [1.82, 2.24) is 20.2 Å². The summed E-state index contributed by atoms with van der Waals surface area (Å²) in [6.07, 6.45) is 9.79. The highest BCUT2D eigenvalue weighted by Crippen LogP contribution is 2.24. The summed E-state index contributed by atoms with van der Waals surface area (Å²) >= 11 is 12.1. The van der Waals surface area contributed by atoms with Crippen molar-refractivity contribution in [2.45, 2.75) is 51.2 Å². The normalized spacial score (nSPS) is 17.7. The largest absolute Gasteiger partial charge is 0.311 e. The molecule has 0 spiro atoms. The molecule has 3 rings (SSSR count). The average Bonchev–Trinajstić information content (AvgIpc) is 3.05. The summed E-state index contributed by atoms with van der Waals surface area (Å²) < 4.78 is 0. The van der Waals surface area contributed by atoms with Gasteiger partial charge in [0, 0.05) is 41.6 Å². The molecule has 2 aromatic rings. The summed E-state index contributed by atoms with van der Waals surface area (Å²) in [5, 5.41) is 4.96. The average molecular weight is 393 g/mol. The number of unbranched alkanes of at least 4 members (excludes halogenated alkanes) is 1. The number of nitrogens with zero attached hydrogens (tertiary/aromatic N) is 3. The van der Waals surface area contributed by atoms with E-state index in [1.807, 2.05) is 18.2 Å². The van der Waals surface area contributed by atoms with Gasteiger partial charge in [0.25, 0.3) is 0 Å². The second kappa shape index (κ2) is 10.2. The van der Waals surface area contributed by atoms with Gasteiger partial charge in [0.05, 0.1) is 11.4 Å². The Balaban J connectivity index is 1.33. The molecule has 0 saturated carbocycles. The quantitative estimate of drug-likeness (QED) is 0.627. The van der Waals surface area contributed by atoms with Crippen molar-refractivity contribution in [2.24, 2.45) is 0 Å². The lowest BCUT2D eigenvalue weighted by Gasteiger charge is -2.24. The molecular formula is C20H26Cl2N4. The van der Waals surface area contributed by atoms with Gasteiger partial charge in [-0.2, -0.15) is 0 Å². The van der Waals surface area contributed by atoms with E-state index in [2.05, 4.69) is 20.2 Å². The zero-order valence-electron chi connectivity index (χ0n) is 15.0. The molecule has 1 aliphatic heterocycles. The summed E-state index contributed by atoms with van der Waals surface area (Å²) in [6, 6.07) is 8.19. The van der Waals surface area contributed by atoms with Crippen molar-refractivity contribution in [3.8, 4) is 0 Å². The van der Waals surface area contributed by atoms with E-state index in [0.717, 1.165) is 47.6 Å². The zero-order valence-corrected chi connectivity index (χ0v) is 16.5. The van der Waals surface area contributed by atoms with Crippen LogP contribution in [-0.2, 0) is 13.1 Å². The number of halogens is 2. The molecular weight excluding hydrogens is 367 g/mol. The first kappa shape index (κ1) is 19.6. The van der Waals surface area contributed by atoms with Crippen LogP contribution in [0.25, 0.3) is 0 Å². The number of hydrogen-bond acceptors (Lipinski definition) is 4. The molecule has 0 bridgehead atoms. The van der Waals surface area contributed by atoms with Gasteiger partial charge < -0.3 is 5.32 Å². The van der Waals surface area contributed by atoms with E-state index in [-0.39, 0.29) is 0 Å². The van der Waals surface area contributed by atoms with E-state index in [1.54, 1.807) is 18.5 Å². The highest BCUT2D eigenvalue weighted by atomic mass is 35.5. The zero-order chi connectivity index (χ0) is 18.2. The number of likely N-dealkylation sites (tertiary alicyclic amines) is 1. The van der Waals surface area contributed by atoms with Crippen molar-refractivity contribution in [3.63, 3.8) is 0 Å². The van der Waals surface area contributed by atoms with Gasteiger partial charge in [-0.1, -0.05) is 29.6 Å². The Hall–Kier alpha value is -1.20. The lowest BCUT2D eigenvalue weighted by molar-refractivity contribution is 0.228. The van der Waals surface area contributed by atoms with Crippen LogP contribution in [0.5, 0.6) is 0 Å². The van der Waals surface area contributed by atoms with Gasteiger partial charge in [-0.3, -0.25) is 14.9 Å². The summed E-state index contributed by atoms with van der Waals surface area (Å²) in [5.41, 5.74) is 2.06. The predicted molar refractivity (Wildman–Crippen MR) is 107 cm³/mol. The number of nitrogens with one attached hydrogen (secondary N) is 1. The summed E-state index contributed by atoms with van der Waals surface area (Å²) in [4.78, 5) is 11.3. The molecule has 2 aromatic heterocycles. The van der Waals surface area contributed by atoms with Gasteiger partial charge in [-0.05, 0) is 63.0 Å². The third kappa shape index (κ3) is 6.20. The Morgan fingerprint density at radius 1 is 1.04 bits per heavy atom. The first-order valence-corrected chi connectivity index (χ1v) is 10.1. The highest BCUT2D eigenvalue weighted by Gasteiger charge is 2.24. The van der Waals surface area contributed by atoms with Crippen LogP contribution >= 0.6 is 23.2 Å². The molecule has 1 N–H and O–H groups in total. The topological polar surface area (TPSA) is 41.1 Å². The lowest BCUT2D eigenvalue weighted by Crippen LogP contribution is -2.29. The fraction of sp³-hybridized carbons (Fsp3) is 0.500. The minimum Gasteiger partial charge on any atom is -0.311 e. The molecule has 140 valence electrons. The number of pyridine rings is 2. The van der Waals surface area contributed by atoms with E-state index < -0.39 is 0 Å². The SMILES string of the molecule is Clc1ccnc(CNCCCC[C@@H]2CCCN2Cc2cc(Cl)ccn2)c1. The summed E-state index contributed by atoms with van der Waals surface area (Å²) in [6.45, 7) is 3.86. The second-order valence-electron chi connectivity index (χ2n) is 6.87. The fourth-order valence-corrected chi connectivity index (χ4v) is 3.93. The lowest BCUT2D eigenvalue weighted by atomic mass is 10.1. The van der Waals surface area contributed by atoms with E-state index in [1.165, 1.54) is 32.1 Å². The molecule has 6 heteroatoms. The first-order valence-electron chi connectivity index (χ1n) is 9.36. The van der Waals surface area contributed by atoms with Gasteiger partial charge in [0.15, 0.2) is 0 Å². The van der Waals surface area contributed by atoms with Crippen molar-refractivity contribution in [2.75, 3.05) is 13.1 Å². The van der Waals surface area contributed by atoms with Crippen LogP contribution in [0, 0.1) is 0 Å². The van der Waals surface area contributed by atoms with Crippen LogP contribution in [-0.4, -0.2) is 34.0 Å². The van der Waals surface area contributed by atoms with Gasteiger partial charge in [-0.15, -0.1) is 0 Å². The molecule has 3 heterocycles. The summed E-state index contributed by atoms with van der Waals surface area (Å²) in [7, 11) is 0. The third-order valence-corrected chi connectivity index (χ3v) is 5.34. The Morgan fingerprint density at radius 3 is 2.54 bits per heavy atom. The van der Waals surface area contributed by atoms with Crippen molar-refractivity contribution in [1.29, 1.82) is 0 Å². The smallest absolute Gasteiger partial charge is 0.0558 e. The molecule has 1 fully saturated rings. The molecule has 0 radical (unpaired) electrons. The Bertz CT molecular complexity index is 695. The Kier molecular flexibility index (Phi) is 7.69. The van der Waals surface area contributed by atoms with Crippen LogP contribution in [0.15, 0.2) is 36.7 Å². The highest BCUT2D eigenvalue weighted by molar-refractivity contribution is 6.30. The van der Waals surface area contributed by atoms with Gasteiger partial charge in [0.1, 0.15) is 0 Å². The van der Waals surface area contributed by atoms with Crippen LogP contribution in [0.1, 0.15) is 43.5 Å². The molecule has 0 unspecified atom stereocenters. The summed E-state index contributed by atoms with van der Waals surface area (Å²) in [5.74, 6) is 0. The maximum atomic E-state index is 6.07. The molecule has 1 atom stereocenters. The van der Waals surface area contributed by atoms with Crippen molar-refractivity contribution < 1.29 is 0 Å². The van der Waals surface area contributed by atoms with Gasteiger partial charge in [-0.25, -0.2) is 0 Å². The number of rotatable bonds is 9. The molecule has 0 aliphatic carbocycles. The first-order chi connectivity index (χ1) is 12.7. The monoisotopic (exact) mass is 392 g/mol. The molecule has 26 heavy (non-hydrogen) atoms. The minimum atomic E-state index is 0.672. The van der Waals surface area contributed by atoms with E-state index >= 15 is 0 Å². The molecule has 1 saturated heterocycles. The number of hydrogen-bond donors (Lipinski definition) is 1. The van der Waals surface area contributed by atoms with E-state index in [9.17, 15) is 0 Å². The van der Waals surface area contributed by atoms with Crippen LogP contribution in [0.4, 0.5) is 0 Å². The maximum Gasteiger partial charge on any atom is 0.0558 e. The third-order valence-electron chi connectivity index (χ3n) is 4.87. The van der Waals surface area contributed by atoms with Gasteiger partial charge in [0.2, 0.25) is 0 Å². The van der Waals surface area contributed by atoms with Crippen molar-refractivity contribution >= 4 is 23.2 Å². The van der Waals surface area contributed by atoms with Crippen LogP contribution < -0.4 is 5.32 Å². The van der Waals surface area contributed by atoms with Gasteiger partial charge >= 0.3 is 0 Å². The minimum absolute atomic E-state index is 0.672. The van der Waals surface area contributed by atoms with Crippen molar-refractivity contribution in [3.05, 3.63) is 58.1 Å². The Morgan fingerprint density at radius 2 is 1.77 bits per heavy atom. The Labute approximate surface area is 165 Å². The van der Waals surface area contributed by atoms with E-state index in [4.69, 9.17) is 23.2 Å².